The second-order valence-electron chi connectivity index (χ2n) is 5.66. The number of hydrogen-bond acceptors (Lipinski definition) is 3. The summed E-state index contributed by atoms with van der Waals surface area (Å²) in [5.41, 5.74) is 0.393. The Morgan fingerprint density at radius 2 is 2.26 bits per heavy atom. The molecule has 1 aliphatic rings. The summed E-state index contributed by atoms with van der Waals surface area (Å²) in [6.07, 6.45) is 1.31. The minimum absolute atomic E-state index is 0.393. The Kier molecular flexibility index (Phi) is 3.61. The first-order valence-electron chi connectivity index (χ1n) is 6.93. The van der Waals surface area contributed by atoms with E-state index >= 15 is 0 Å². The van der Waals surface area contributed by atoms with E-state index in [4.69, 9.17) is 4.74 Å². The number of rotatable bonds is 6. The molecule has 3 rings (SSSR count). The Bertz CT molecular complexity index is 532. The van der Waals surface area contributed by atoms with Crippen LogP contribution in [0.25, 0.3) is 10.1 Å². The largest absolute Gasteiger partial charge is 0.383 e. The predicted molar refractivity (Wildman–Crippen MR) is 82.0 cm³/mol. The second-order valence-corrected chi connectivity index (χ2v) is 6.75. The van der Waals surface area contributed by atoms with E-state index in [0.717, 1.165) is 25.6 Å². The van der Waals surface area contributed by atoms with Crippen LogP contribution in [0.5, 0.6) is 0 Å². The van der Waals surface area contributed by atoms with Gasteiger partial charge in [0.2, 0.25) is 0 Å². The quantitative estimate of drug-likeness (QED) is 0.816. The number of nitrogens with one attached hydrogen (secondary N) is 1. The lowest BCUT2D eigenvalue weighted by molar-refractivity contribution is 0.199. The zero-order chi connectivity index (χ0) is 13.3. The highest BCUT2D eigenvalue weighted by molar-refractivity contribution is 7.19. The molecule has 0 saturated heterocycles. The Labute approximate surface area is 118 Å². The lowest BCUT2D eigenvalue weighted by Crippen LogP contribution is -2.23. The van der Waals surface area contributed by atoms with Gasteiger partial charge in [0.1, 0.15) is 0 Å². The number of thiophene rings is 1. The first-order chi connectivity index (χ1) is 9.24. The van der Waals surface area contributed by atoms with Crippen molar-refractivity contribution < 1.29 is 4.74 Å². The van der Waals surface area contributed by atoms with Crippen molar-refractivity contribution in [3.05, 3.63) is 35.2 Å². The van der Waals surface area contributed by atoms with Gasteiger partial charge in [0.15, 0.2) is 0 Å². The Morgan fingerprint density at radius 1 is 1.42 bits per heavy atom. The first-order valence-corrected chi connectivity index (χ1v) is 7.74. The van der Waals surface area contributed by atoms with Crippen LogP contribution in [-0.2, 0) is 10.2 Å². The molecule has 2 atom stereocenters. The predicted octanol–water partition coefficient (Wildman–Crippen LogP) is 3.41. The molecule has 3 heteroatoms. The highest BCUT2D eigenvalue weighted by atomic mass is 32.1. The zero-order valence-electron chi connectivity index (χ0n) is 11.6. The minimum atomic E-state index is 0.393. The fourth-order valence-corrected chi connectivity index (χ4v) is 4.06. The summed E-state index contributed by atoms with van der Waals surface area (Å²) in [7, 11) is 1.75. The van der Waals surface area contributed by atoms with Gasteiger partial charge in [-0.2, -0.15) is 0 Å². The summed E-state index contributed by atoms with van der Waals surface area (Å²) >= 11 is 1.96. The zero-order valence-corrected chi connectivity index (χ0v) is 12.4. The second kappa shape index (κ2) is 5.23. The molecule has 0 spiro atoms. The standard InChI is InChI=1S/C16H21NOS/c1-16(10-13(16)11-17-7-8-18-2)15-9-12-5-3-4-6-14(12)19-15/h3-6,9,13,17H,7-8,10-11H2,1-2H3. The number of hydrogen-bond donors (Lipinski definition) is 1. The number of ether oxygens (including phenoxy) is 1. The monoisotopic (exact) mass is 275 g/mol. The topological polar surface area (TPSA) is 21.3 Å². The Morgan fingerprint density at radius 3 is 3.05 bits per heavy atom. The van der Waals surface area contributed by atoms with Crippen molar-refractivity contribution in [2.75, 3.05) is 26.8 Å². The number of fused-ring (bicyclic) bond motifs is 1. The van der Waals surface area contributed by atoms with Crippen molar-refractivity contribution in [3.63, 3.8) is 0 Å². The molecule has 0 aliphatic heterocycles. The lowest BCUT2D eigenvalue weighted by atomic mass is 10.0. The summed E-state index contributed by atoms with van der Waals surface area (Å²) in [5, 5.41) is 4.88. The molecule has 2 aromatic rings. The third kappa shape index (κ3) is 2.55. The van der Waals surface area contributed by atoms with E-state index in [1.165, 1.54) is 16.5 Å². The van der Waals surface area contributed by atoms with Crippen molar-refractivity contribution in [1.82, 2.24) is 5.32 Å². The van der Waals surface area contributed by atoms with Gasteiger partial charge in [0.05, 0.1) is 6.61 Å². The molecular weight excluding hydrogens is 254 g/mol. The van der Waals surface area contributed by atoms with Gasteiger partial charge in [0, 0.05) is 28.6 Å². The summed E-state index contributed by atoms with van der Waals surface area (Å²) in [6.45, 7) is 5.26. The molecule has 0 radical (unpaired) electrons. The highest BCUT2D eigenvalue weighted by Crippen LogP contribution is 2.56. The average molecular weight is 275 g/mol. The van der Waals surface area contributed by atoms with Crippen LogP contribution in [0.2, 0.25) is 0 Å². The van der Waals surface area contributed by atoms with Crippen LogP contribution in [0.15, 0.2) is 30.3 Å². The third-order valence-corrected chi connectivity index (χ3v) is 5.67. The van der Waals surface area contributed by atoms with E-state index in [9.17, 15) is 0 Å². The molecule has 19 heavy (non-hydrogen) atoms. The van der Waals surface area contributed by atoms with E-state index in [1.54, 1.807) is 12.0 Å². The molecule has 1 aromatic heterocycles. The van der Waals surface area contributed by atoms with Crippen LogP contribution in [0.4, 0.5) is 0 Å². The molecule has 102 valence electrons. The molecule has 2 nitrogen and oxygen atoms in total. The fraction of sp³-hybridized carbons (Fsp3) is 0.500. The fourth-order valence-electron chi connectivity index (χ4n) is 2.77. The molecule has 1 saturated carbocycles. The molecule has 1 aliphatic carbocycles. The van der Waals surface area contributed by atoms with Gasteiger partial charge in [-0.15, -0.1) is 11.3 Å². The highest BCUT2D eigenvalue weighted by Gasteiger charge is 2.51. The molecule has 1 N–H and O–H groups in total. The van der Waals surface area contributed by atoms with Gasteiger partial charge in [-0.3, -0.25) is 0 Å². The molecule has 1 heterocycles. The van der Waals surface area contributed by atoms with E-state index in [1.807, 2.05) is 11.3 Å². The van der Waals surface area contributed by atoms with Gasteiger partial charge in [0.25, 0.3) is 0 Å². The van der Waals surface area contributed by atoms with Gasteiger partial charge >= 0.3 is 0 Å². The van der Waals surface area contributed by atoms with Crippen LogP contribution in [-0.4, -0.2) is 26.8 Å². The van der Waals surface area contributed by atoms with Gasteiger partial charge in [-0.05, 0) is 36.4 Å². The van der Waals surface area contributed by atoms with Crippen LogP contribution >= 0.6 is 11.3 Å². The molecule has 2 unspecified atom stereocenters. The SMILES string of the molecule is COCCNCC1CC1(C)c1cc2ccccc2s1. The van der Waals surface area contributed by atoms with Crippen molar-refractivity contribution >= 4 is 21.4 Å². The first kappa shape index (κ1) is 13.1. The molecule has 0 bridgehead atoms. The molecule has 1 fully saturated rings. The summed E-state index contributed by atoms with van der Waals surface area (Å²) in [6, 6.07) is 11.1. The van der Waals surface area contributed by atoms with Gasteiger partial charge in [-0.25, -0.2) is 0 Å². The van der Waals surface area contributed by atoms with E-state index in [0.29, 0.717) is 5.41 Å². The molecule has 0 amide bonds. The summed E-state index contributed by atoms with van der Waals surface area (Å²) in [5.74, 6) is 0.775. The Balaban J connectivity index is 1.66. The van der Waals surface area contributed by atoms with Crippen molar-refractivity contribution in [2.45, 2.75) is 18.8 Å². The molecule has 1 aromatic carbocycles. The average Bonchev–Trinajstić information content (AvgIpc) is 2.89. The van der Waals surface area contributed by atoms with Crippen molar-refractivity contribution in [2.24, 2.45) is 5.92 Å². The van der Waals surface area contributed by atoms with Gasteiger partial charge < -0.3 is 10.1 Å². The molecular formula is C16H21NOS. The van der Waals surface area contributed by atoms with Crippen molar-refractivity contribution in [3.8, 4) is 0 Å². The van der Waals surface area contributed by atoms with Crippen LogP contribution in [0, 0.1) is 5.92 Å². The minimum Gasteiger partial charge on any atom is -0.383 e. The van der Waals surface area contributed by atoms with Crippen molar-refractivity contribution in [1.29, 1.82) is 0 Å². The lowest BCUT2D eigenvalue weighted by Gasteiger charge is -2.09. The number of methoxy groups -OCH3 is 1. The maximum absolute atomic E-state index is 5.06. The smallest absolute Gasteiger partial charge is 0.0587 e. The van der Waals surface area contributed by atoms with Crippen LogP contribution in [0.1, 0.15) is 18.2 Å². The van der Waals surface area contributed by atoms with E-state index in [2.05, 4.69) is 42.6 Å². The van der Waals surface area contributed by atoms with E-state index in [-0.39, 0.29) is 0 Å². The van der Waals surface area contributed by atoms with Gasteiger partial charge in [-0.1, -0.05) is 25.1 Å². The summed E-state index contributed by atoms with van der Waals surface area (Å²) in [4.78, 5) is 1.55. The maximum atomic E-state index is 5.06. The Hall–Kier alpha value is -0.900. The van der Waals surface area contributed by atoms with E-state index < -0.39 is 0 Å². The third-order valence-electron chi connectivity index (χ3n) is 4.27. The van der Waals surface area contributed by atoms with Crippen LogP contribution < -0.4 is 5.32 Å². The van der Waals surface area contributed by atoms with Crippen LogP contribution in [0.3, 0.4) is 0 Å². The maximum Gasteiger partial charge on any atom is 0.0587 e. The number of benzene rings is 1. The summed E-state index contributed by atoms with van der Waals surface area (Å²) < 4.78 is 6.47. The normalized spacial score (nSPS) is 25.9.